The fourth-order valence-corrected chi connectivity index (χ4v) is 5.03. The molecule has 1 atom stereocenters. The summed E-state index contributed by atoms with van der Waals surface area (Å²) in [6.45, 7) is 13.5. The van der Waals surface area contributed by atoms with Gasteiger partial charge in [-0.05, 0) is 67.1 Å². The van der Waals surface area contributed by atoms with Crippen LogP contribution in [0.25, 0.3) is 5.76 Å². The lowest BCUT2D eigenvalue weighted by Crippen LogP contribution is -2.29. The average Bonchev–Trinajstić information content (AvgIpc) is 3.18. The number of hydrogen-bond acceptors (Lipinski definition) is 6. The predicted molar refractivity (Wildman–Crippen MR) is 159 cm³/mol. The summed E-state index contributed by atoms with van der Waals surface area (Å²) in [6, 6.07) is 19.6. The van der Waals surface area contributed by atoms with Gasteiger partial charge >= 0.3 is 0 Å². The van der Waals surface area contributed by atoms with Crippen LogP contribution in [0.3, 0.4) is 0 Å². The molecule has 4 rings (SSSR count). The minimum Gasteiger partial charge on any atom is -0.507 e. The van der Waals surface area contributed by atoms with Gasteiger partial charge in [-0.2, -0.15) is 0 Å². The molecule has 0 radical (unpaired) electrons. The molecule has 3 aromatic carbocycles. The third-order valence-electron chi connectivity index (χ3n) is 7.01. The van der Waals surface area contributed by atoms with Crippen molar-refractivity contribution in [2.45, 2.75) is 59.5 Å². The molecular weight excluding hydrogens is 518 g/mol. The third kappa shape index (κ3) is 6.40. The van der Waals surface area contributed by atoms with E-state index in [1.807, 2.05) is 69.3 Å². The number of hydrogen-bond donors (Lipinski definition) is 1. The monoisotopic (exact) mass is 557 g/mol. The summed E-state index contributed by atoms with van der Waals surface area (Å²) in [5.74, 6) is -0.0783. The van der Waals surface area contributed by atoms with Gasteiger partial charge in [-0.25, -0.2) is 0 Å². The molecule has 1 N–H and O–H groups in total. The third-order valence-corrected chi connectivity index (χ3v) is 7.01. The molecule has 41 heavy (non-hydrogen) atoms. The van der Waals surface area contributed by atoms with Gasteiger partial charge in [-0.3, -0.25) is 9.59 Å². The zero-order valence-corrected chi connectivity index (χ0v) is 24.7. The maximum absolute atomic E-state index is 13.6. The number of carbonyl (C=O) groups is 2. The highest BCUT2D eigenvalue weighted by molar-refractivity contribution is 6.46. The smallest absolute Gasteiger partial charge is 0.295 e. The highest BCUT2D eigenvalue weighted by Crippen LogP contribution is 2.43. The second-order valence-corrected chi connectivity index (χ2v) is 10.9. The van der Waals surface area contributed by atoms with Crippen LogP contribution in [0, 0.1) is 0 Å². The lowest BCUT2D eigenvalue weighted by atomic mass is 9.85. The maximum atomic E-state index is 13.6. The van der Waals surface area contributed by atoms with Gasteiger partial charge in [0.2, 0.25) is 0 Å². The van der Waals surface area contributed by atoms with E-state index in [4.69, 9.17) is 14.2 Å². The van der Waals surface area contributed by atoms with Crippen LogP contribution in [0.5, 0.6) is 17.2 Å². The Labute approximate surface area is 242 Å². The van der Waals surface area contributed by atoms with Crippen molar-refractivity contribution in [2.24, 2.45) is 0 Å². The van der Waals surface area contributed by atoms with Crippen LogP contribution < -0.4 is 14.2 Å². The number of rotatable bonds is 10. The van der Waals surface area contributed by atoms with Crippen LogP contribution in [-0.4, -0.2) is 41.5 Å². The topological polar surface area (TPSA) is 85.3 Å². The van der Waals surface area contributed by atoms with E-state index in [2.05, 4.69) is 20.8 Å². The van der Waals surface area contributed by atoms with Crippen molar-refractivity contribution in [3.63, 3.8) is 0 Å². The van der Waals surface area contributed by atoms with Crippen molar-refractivity contribution in [1.82, 2.24) is 4.90 Å². The van der Waals surface area contributed by atoms with Crippen LogP contribution in [0.15, 0.2) is 72.3 Å². The van der Waals surface area contributed by atoms with Gasteiger partial charge < -0.3 is 24.2 Å². The highest BCUT2D eigenvalue weighted by Gasteiger charge is 2.46. The molecule has 3 aromatic rings. The summed E-state index contributed by atoms with van der Waals surface area (Å²) >= 11 is 0. The molecular formula is C34H39NO6. The van der Waals surface area contributed by atoms with E-state index in [9.17, 15) is 14.7 Å². The standard InChI is InChI=1S/C34H39NO6/c1-7-39-25-12-10-11-22(19-25)21-35-30(23-13-15-24(16-14-23)34(4,5)6)29(32(37)33(35)38)31(36)27-18-17-26(40-8-2)20-28(27)41-9-3/h10-20,30,36H,7-9,21H2,1-6H3/b31-29-. The molecule has 0 aliphatic carbocycles. The summed E-state index contributed by atoms with van der Waals surface area (Å²) < 4.78 is 17.1. The Balaban J connectivity index is 1.87. The summed E-state index contributed by atoms with van der Waals surface area (Å²) in [7, 11) is 0. The molecule has 0 aromatic heterocycles. The molecule has 0 bridgehead atoms. The van der Waals surface area contributed by atoms with Gasteiger partial charge in [0.15, 0.2) is 0 Å². The molecule has 0 saturated carbocycles. The Kier molecular flexibility index (Phi) is 9.06. The molecule has 1 aliphatic heterocycles. The Morgan fingerprint density at radius 1 is 0.829 bits per heavy atom. The molecule has 7 heteroatoms. The second-order valence-electron chi connectivity index (χ2n) is 10.9. The molecule has 1 heterocycles. The first kappa shape index (κ1) is 29.7. The molecule has 1 saturated heterocycles. The quantitative estimate of drug-likeness (QED) is 0.168. The van der Waals surface area contributed by atoms with Crippen LogP contribution in [0.2, 0.25) is 0 Å². The minimum atomic E-state index is -0.805. The first-order valence-electron chi connectivity index (χ1n) is 14.1. The summed E-state index contributed by atoms with van der Waals surface area (Å²) in [5, 5.41) is 11.7. The fourth-order valence-electron chi connectivity index (χ4n) is 5.03. The number of ketones is 1. The number of carbonyl (C=O) groups excluding carboxylic acids is 2. The van der Waals surface area contributed by atoms with Gasteiger partial charge in [0, 0.05) is 12.6 Å². The summed E-state index contributed by atoms with van der Waals surface area (Å²) in [4.78, 5) is 28.7. The predicted octanol–water partition coefficient (Wildman–Crippen LogP) is 6.80. The summed E-state index contributed by atoms with van der Waals surface area (Å²) in [6.07, 6.45) is 0. The van der Waals surface area contributed by atoms with Crippen LogP contribution in [0.4, 0.5) is 0 Å². The Morgan fingerprint density at radius 3 is 2.07 bits per heavy atom. The zero-order valence-electron chi connectivity index (χ0n) is 24.7. The first-order valence-corrected chi connectivity index (χ1v) is 14.1. The molecule has 7 nitrogen and oxygen atoms in total. The van der Waals surface area contributed by atoms with Crippen molar-refractivity contribution < 1.29 is 28.9 Å². The van der Waals surface area contributed by atoms with E-state index < -0.39 is 17.7 Å². The van der Waals surface area contributed by atoms with E-state index in [-0.39, 0.29) is 23.3 Å². The summed E-state index contributed by atoms with van der Waals surface area (Å²) in [5.41, 5.74) is 2.92. The highest BCUT2D eigenvalue weighted by atomic mass is 16.5. The lowest BCUT2D eigenvalue weighted by molar-refractivity contribution is -0.140. The number of amides is 1. The van der Waals surface area contributed by atoms with Crippen molar-refractivity contribution in [3.8, 4) is 17.2 Å². The van der Waals surface area contributed by atoms with E-state index in [1.165, 1.54) is 4.90 Å². The lowest BCUT2D eigenvalue weighted by Gasteiger charge is -2.27. The molecule has 0 spiro atoms. The average molecular weight is 558 g/mol. The van der Waals surface area contributed by atoms with E-state index in [0.29, 0.717) is 42.6 Å². The molecule has 216 valence electrons. The van der Waals surface area contributed by atoms with Gasteiger partial charge in [-0.1, -0.05) is 57.2 Å². The number of benzene rings is 3. The SMILES string of the molecule is CCOc1cccc(CN2C(=O)C(=O)/C(=C(\O)c3ccc(OCC)cc3OCC)C2c2ccc(C(C)(C)C)cc2)c1. The van der Waals surface area contributed by atoms with Gasteiger partial charge in [0.1, 0.15) is 23.0 Å². The number of aliphatic hydroxyl groups excluding tert-OH is 1. The molecule has 1 unspecified atom stereocenters. The number of ether oxygens (including phenoxy) is 3. The van der Waals surface area contributed by atoms with Crippen LogP contribution >= 0.6 is 0 Å². The largest absolute Gasteiger partial charge is 0.507 e. The van der Waals surface area contributed by atoms with E-state index in [1.54, 1.807) is 18.2 Å². The number of likely N-dealkylation sites (tertiary alicyclic amines) is 1. The van der Waals surface area contributed by atoms with Crippen molar-refractivity contribution in [2.75, 3.05) is 19.8 Å². The van der Waals surface area contributed by atoms with E-state index in [0.717, 1.165) is 16.7 Å². The van der Waals surface area contributed by atoms with E-state index >= 15 is 0 Å². The zero-order chi connectivity index (χ0) is 29.7. The van der Waals surface area contributed by atoms with Crippen molar-refractivity contribution >= 4 is 17.4 Å². The minimum absolute atomic E-state index is 0.0181. The van der Waals surface area contributed by atoms with Gasteiger partial charge in [0.25, 0.3) is 11.7 Å². The maximum Gasteiger partial charge on any atom is 0.295 e. The molecule has 1 aliphatic rings. The number of Topliss-reactive ketones (excluding diaryl/α,β-unsaturated/α-hetero) is 1. The Morgan fingerprint density at radius 2 is 1.46 bits per heavy atom. The number of aliphatic hydroxyl groups is 1. The molecule has 1 amide bonds. The van der Waals surface area contributed by atoms with Crippen molar-refractivity contribution in [1.29, 1.82) is 0 Å². The van der Waals surface area contributed by atoms with Crippen molar-refractivity contribution in [3.05, 3.63) is 94.6 Å². The first-order chi connectivity index (χ1) is 19.6. The normalized spacial score (nSPS) is 16.6. The van der Waals surface area contributed by atoms with Gasteiger partial charge in [0.05, 0.1) is 37.0 Å². The number of nitrogens with zero attached hydrogens (tertiary/aromatic N) is 1. The Hall–Kier alpha value is -4.26. The fraction of sp³-hybridized carbons (Fsp3) is 0.353. The van der Waals surface area contributed by atoms with Gasteiger partial charge in [-0.15, -0.1) is 0 Å². The molecule has 1 fully saturated rings. The Bertz CT molecular complexity index is 1430. The second kappa shape index (κ2) is 12.5. The van der Waals surface area contributed by atoms with Crippen LogP contribution in [-0.2, 0) is 21.5 Å². The van der Waals surface area contributed by atoms with Crippen LogP contribution in [0.1, 0.15) is 69.8 Å².